The molecular formula is C63H122O17P2. The summed E-state index contributed by atoms with van der Waals surface area (Å²) >= 11 is 0. The molecule has 0 aliphatic rings. The van der Waals surface area contributed by atoms with Gasteiger partial charge in [0.05, 0.1) is 26.4 Å². The number of aliphatic hydroxyl groups is 1. The molecule has 0 heterocycles. The molecule has 0 fully saturated rings. The summed E-state index contributed by atoms with van der Waals surface area (Å²) in [6.45, 7) is 13.9. The fourth-order valence-electron chi connectivity index (χ4n) is 9.19. The van der Waals surface area contributed by atoms with Gasteiger partial charge in [-0.2, -0.15) is 0 Å². The molecule has 0 aliphatic heterocycles. The summed E-state index contributed by atoms with van der Waals surface area (Å²) in [5.41, 5.74) is 0. The Morgan fingerprint density at radius 3 is 0.866 bits per heavy atom. The van der Waals surface area contributed by atoms with Crippen LogP contribution in [0, 0.1) is 23.7 Å². The van der Waals surface area contributed by atoms with Gasteiger partial charge in [0.1, 0.15) is 19.3 Å². The van der Waals surface area contributed by atoms with Crippen LogP contribution in [0.1, 0.15) is 299 Å². The van der Waals surface area contributed by atoms with E-state index in [1.807, 2.05) is 0 Å². The van der Waals surface area contributed by atoms with Crippen LogP contribution in [0.3, 0.4) is 0 Å². The Bertz CT molecular complexity index is 1650. The largest absolute Gasteiger partial charge is 0.472 e. The topological polar surface area (TPSA) is 237 Å². The van der Waals surface area contributed by atoms with E-state index in [0.717, 1.165) is 114 Å². The molecule has 0 radical (unpaired) electrons. The van der Waals surface area contributed by atoms with E-state index in [1.165, 1.54) is 96.3 Å². The maximum absolute atomic E-state index is 13.0. The Labute approximate surface area is 498 Å². The lowest BCUT2D eigenvalue weighted by Gasteiger charge is -2.21. The fraction of sp³-hybridized carbons (Fsp3) is 0.937. The van der Waals surface area contributed by atoms with Gasteiger partial charge in [0.2, 0.25) is 0 Å². The molecule has 3 N–H and O–H groups in total. The maximum Gasteiger partial charge on any atom is 0.472 e. The standard InChI is InChI=1S/C63H122O17P2/c1-9-55(7)41-33-25-16-12-14-17-27-35-43-60(65)73-49-58(79-62(67)45-37-29-18-13-11-15-23-31-39-53(3)4)51-77-81(69,70)75-47-57(64)48-76-82(71,72)78-52-59(80-63(68)46-38-30-21-19-24-32-40-54(5)6)50-74-61(66)44-36-28-22-20-26-34-42-56(8)10-2/h53-59,64H,9-52H2,1-8H3,(H,69,70)(H,71,72)/t55?,56?,57-,58-,59-/m1/s1. The van der Waals surface area contributed by atoms with Crippen molar-refractivity contribution in [2.45, 2.75) is 318 Å². The average molecular weight is 1210 g/mol. The van der Waals surface area contributed by atoms with Crippen LogP contribution in [0.25, 0.3) is 0 Å². The van der Waals surface area contributed by atoms with Crippen molar-refractivity contribution in [1.29, 1.82) is 0 Å². The first kappa shape index (κ1) is 80.1. The van der Waals surface area contributed by atoms with E-state index >= 15 is 0 Å². The number of ether oxygens (including phenoxy) is 4. The van der Waals surface area contributed by atoms with E-state index in [2.05, 4.69) is 55.4 Å². The second kappa shape index (κ2) is 53.3. The van der Waals surface area contributed by atoms with E-state index in [-0.39, 0.29) is 25.7 Å². The molecule has 19 heteroatoms. The lowest BCUT2D eigenvalue weighted by molar-refractivity contribution is -0.161. The van der Waals surface area contributed by atoms with Gasteiger partial charge >= 0.3 is 39.5 Å². The van der Waals surface area contributed by atoms with Crippen molar-refractivity contribution in [2.24, 2.45) is 23.7 Å². The van der Waals surface area contributed by atoms with Crippen LogP contribution in [0.2, 0.25) is 0 Å². The molecule has 17 nitrogen and oxygen atoms in total. The highest BCUT2D eigenvalue weighted by molar-refractivity contribution is 7.47. The van der Waals surface area contributed by atoms with Crippen LogP contribution < -0.4 is 0 Å². The Kier molecular flexibility index (Phi) is 52.0. The van der Waals surface area contributed by atoms with Gasteiger partial charge in [0.15, 0.2) is 12.2 Å². The first-order chi connectivity index (χ1) is 39.2. The zero-order chi connectivity index (χ0) is 61.1. The van der Waals surface area contributed by atoms with Crippen molar-refractivity contribution >= 4 is 39.5 Å². The summed E-state index contributed by atoms with van der Waals surface area (Å²) in [7, 11) is -9.89. The molecule has 4 unspecified atom stereocenters. The number of unbranched alkanes of at least 4 members (excludes halogenated alkanes) is 24. The number of aliphatic hydroxyl groups excluding tert-OH is 1. The lowest BCUT2D eigenvalue weighted by Crippen LogP contribution is -2.30. The minimum absolute atomic E-state index is 0.100. The van der Waals surface area contributed by atoms with Crippen molar-refractivity contribution in [3.8, 4) is 0 Å². The molecule has 486 valence electrons. The van der Waals surface area contributed by atoms with Crippen molar-refractivity contribution < 1.29 is 80.2 Å². The minimum Gasteiger partial charge on any atom is -0.462 e. The third-order valence-corrected chi connectivity index (χ3v) is 16.9. The summed E-state index contributed by atoms with van der Waals surface area (Å²) in [6, 6.07) is 0. The monoisotopic (exact) mass is 1210 g/mol. The van der Waals surface area contributed by atoms with Crippen molar-refractivity contribution in [2.75, 3.05) is 39.6 Å². The molecule has 0 saturated carbocycles. The quantitative estimate of drug-likeness (QED) is 0.0222. The second-order valence-electron chi connectivity index (χ2n) is 24.2. The smallest absolute Gasteiger partial charge is 0.462 e. The zero-order valence-electron chi connectivity index (χ0n) is 53.1. The Balaban J connectivity index is 5.26. The van der Waals surface area contributed by atoms with Gasteiger partial charge in [0, 0.05) is 25.7 Å². The SMILES string of the molecule is CCC(C)CCCCCCCCCCC(=O)OC[C@H](COP(=O)(O)OC[C@@H](O)COP(=O)(O)OC[C@@H](COC(=O)CCCCCCCCC(C)CC)OC(=O)CCCCCCCCC(C)C)OC(=O)CCCCCCCCCCC(C)C. The molecule has 0 aliphatic carbocycles. The summed E-state index contributed by atoms with van der Waals surface area (Å²) in [4.78, 5) is 72.1. The van der Waals surface area contributed by atoms with Gasteiger partial charge in [0.25, 0.3) is 0 Å². The summed E-state index contributed by atoms with van der Waals surface area (Å²) in [5.74, 6) is 0.750. The van der Waals surface area contributed by atoms with Crippen LogP contribution in [0.4, 0.5) is 0 Å². The minimum atomic E-state index is -4.94. The van der Waals surface area contributed by atoms with Crippen LogP contribution >= 0.6 is 15.6 Å². The van der Waals surface area contributed by atoms with E-state index in [1.54, 1.807) is 0 Å². The number of carbonyl (C=O) groups excluding carboxylic acids is 4. The number of esters is 4. The summed E-state index contributed by atoms with van der Waals surface area (Å²) in [5, 5.41) is 10.5. The first-order valence-electron chi connectivity index (χ1n) is 32.8. The first-order valence-corrected chi connectivity index (χ1v) is 35.8. The molecule has 0 aromatic rings. The third kappa shape index (κ3) is 54.7. The molecule has 7 atom stereocenters. The average Bonchev–Trinajstić information content (AvgIpc) is 3.43. The molecule has 0 saturated heterocycles. The predicted octanol–water partition coefficient (Wildman–Crippen LogP) is 17.0. The number of hydrogen-bond acceptors (Lipinski definition) is 15. The molecule has 0 aromatic carbocycles. The Morgan fingerprint density at radius 1 is 0.341 bits per heavy atom. The van der Waals surface area contributed by atoms with Crippen molar-refractivity contribution in [3.63, 3.8) is 0 Å². The van der Waals surface area contributed by atoms with Gasteiger partial charge < -0.3 is 33.8 Å². The number of phosphoric ester groups is 2. The predicted molar refractivity (Wildman–Crippen MR) is 326 cm³/mol. The second-order valence-corrected chi connectivity index (χ2v) is 27.1. The number of rotatable bonds is 60. The highest BCUT2D eigenvalue weighted by atomic mass is 31.2. The zero-order valence-corrected chi connectivity index (χ0v) is 54.9. The molecule has 0 amide bonds. The summed E-state index contributed by atoms with van der Waals surface area (Å²) in [6.07, 6.45) is 32.3. The lowest BCUT2D eigenvalue weighted by atomic mass is 9.99. The van der Waals surface area contributed by atoms with E-state index < -0.39 is 97.5 Å². The number of hydrogen-bond donors (Lipinski definition) is 3. The van der Waals surface area contributed by atoms with Gasteiger partial charge in [-0.25, -0.2) is 9.13 Å². The normalized spacial score (nSPS) is 15.1. The van der Waals surface area contributed by atoms with E-state index in [4.69, 9.17) is 37.0 Å². The third-order valence-electron chi connectivity index (χ3n) is 15.0. The van der Waals surface area contributed by atoms with Gasteiger partial charge in [-0.1, -0.05) is 248 Å². The fourth-order valence-corrected chi connectivity index (χ4v) is 10.8. The van der Waals surface area contributed by atoms with Gasteiger partial charge in [-0.05, 0) is 49.4 Å². The Hall–Kier alpha value is -1.94. The molecule has 0 rings (SSSR count). The highest BCUT2D eigenvalue weighted by Gasteiger charge is 2.30. The molecule has 0 aromatic heterocycles. The molecular weight excluding hydrogens is 1090 g/mol. The van der Waals surface area contributed by atoms with Gasteiger partial charge in [-0.15, -0.1) is 0 Å². The van der Waals surface area contributed by atoms with Crippen LogP contribution in [0.5, 0.6) is 0 Å². The van der Waals surface area contributed by atoms with Crippen molar-refractivity contribution in [1.82, 2.24) is 0 Å². The van der Waals surface area contributed by atoms with Crippen LogP contribution in [-0.2, 0) is 65.4 Å². The maximum atomic E-state index is 13.0. The number of phosphoric acid groups is 2. The van der Waals surface area contributed by atoms with E-state index in [0.29, 0.717) is 31.6 Å². The molecule has 82 heavy (non-hydrogen) atoms. The van der Waals surface area contributed by atoms with Crippen molar-refractivity contribution in [3.05, 3.63) is 0 Å². The van der Waals surface area contributed by atoms with Crippen LogP contribution in [-0.4, -0.2) is 96.7 Å². The Morgan fingerprint density at radius 2 is 0.585 bits per heavy atom. The van der Waals surface area contributed by atoms with Crippen LogP contribution in [0.15, 0.2) is 0 Å². The molecule has 0 spiro atoms. The van der Waals surface area contributed by atoms with Gasteiger partial charge in [-0.3, -0.25) is 37.3 Å². The summed E-state index contributed by atoms with van der Waals surface area (Å²) < 4.78 is 67.9. The number of carbonyl (C=O) groups is 4. The molecule has 0 bridgehead atoms. The highest BCUT2D eigenvalue weighted by Crippen LogP contribution is 2.45. The van der Waals surface area contributed by atoms with E-state index in [9.17, 15) is 43.2 Å².